The number of piperazine rings is 1. The standard InChI is InChI=1S/C19H29N5O6/c1-19(2,3)30-18(27)23-9-7-22(8-10-23)17(26)13-21-16-12-14(24(28)29)4-5-15(16)20-6-11-25/h4-5,12,20-21,25H,6-11,13H2,1-3H3. The summed E-state index contributed by atoms with van der Waals surface area (Å²) in [6.07, 6.45) is -0.399. The number of non-ortho nitro benzene ring substituents is 1. The lowest BCUT2D eigenvalue weighted by Gasteiger charge is -2.35. The second kappa shape index (κ2) is 10.1. The monoisotopic (exact) mass is 423 g/mol. The number of amides is 2. The second-order valence-electron chi connectivity index (χ2n) is 7.84. The molecule has 1 aliphatic heterocycles. The van der Waals surface area contributed by atoms with E-state index < -0.39 is 16.6 Å². The lowest BCUT2D eigenvalue weighted by Crippen LogP contribution is -2.52. The van der Waals surface area contributed by atoms with Crippen molar-refractivity contribution in [3.05, 3.63) is 28.3 Å². The number of hydrogen-bond acceptors (Lipinski definition) is 8. The van der Waals surface area contributed by atoms with Crippen molar-refractivity contribution in [3.8, 4) is 0 Å². The molecule has 1 aromatic carbocycles. The summed E-state index contributed by atoms with van der Waals surface area (Å²) >= 11 is 0. The molecule has 2 rings (SSSR count). The smallest absolute Gasteiger partial charge is 0.410 e. The summed E-state index contributed by atoms with van der Waals surface area (Å²) in [6.45, 7) is 7.03. The highest BCUT2D eigenvalue weighted by atomic mass is 16.6. The molecule has 0 unspecified atom stereocenters. The van der Waals surface area contributed by atoms with Crippen LogP contribution in [-0.4, -0.2) is 83.3 Å². The predicted octanol–water partition coefficient (Wildman–Crippen LogP) is 1.49. The van der Waals surface area contributed by atoms with Crippen LogP contribution in [0.5, 0.6) is 0 Å². The zero-order valence-corrected chi connectivity index (χ0v) is 17.5. The summed E-state index contributed by atoms with van der Waals surface area (Å²) in [4.78, 5) is 38.4. The van der Waals surface area contributed by atoms with Gasteiger partial charge in [-0.15, -0.1) is 0 Å². The second-order valence-corrected chi connectivity index (χ2v) is 7.84. The van der Waals surface area contributed by atoms with Crippen LogP contribution in [0, 0.1) is 10.1 Å². The van der Waals surface area contributed by atoms with E-state index in [1.807, 2.05) is 0 Å². The topological polar surface area (TPSA) is 137 Å². The van der Waals surface area contributed by atoms with Gasteiger partial charge in [-0.1, -0.05) is 0 Å². The molecular formula is C19H29N5O6. The van der Waals surface area contributed by atoms with Crippen molar-refractivity contribution >= 4 is 29.1 Å². The molecule has 0 aromatic heterocycles. The van der Waals surface area contributed by atoms with E-state index in [0.29, 0.717) is 37.6 Å². The van der Waals surface area contributed by atoms with E-state index >= 15 is 0 Å². The molecule has 1 aromatic rings. The molecule has 11 heteroatoms. The van der Waals surface area contributed by atoms with Crippen LogP contribution in [-0.2, 0) is 9.53 Å². The number of hydrogen-bond donors (Lipinski definition) is 3. The van der Waals surface area contributed by atoms with Crippen molar-refractivity contribution in [2.24, 2.45) is 0 Å². The highest BCUT2D eigenvalue weighted by molar-refractivity contribution is 5.83. The van der Waals surface area contributed by atoms with E-state index in [0.717, 1.165) is 0 Å². The fourth-order valence-electron chi connectivity index (χ4n) is 2.88. The first-order valence-corrected chi connectivity index (χ1v) is 9.73. The first-order chi connectivity index (χ1) is 14.1. The highest BCUT2D eigenvalue weighted by Gasteiger charge is 2.27. The predicted molar refractivity (Wildman–Crippen MR) is 112 cm³/mol. The Bertz CT molecular complexity index is 771. The Hall–Kier alpha value is -3.08. The Morgan fingerprint density at radius 3 is 2.33 bits per heavy atom. The van der Waals surface area contributed by atoms with Gasteiger partial charge >= 0.3 is 6.09 Å². The van der Waals surface area contributed by atoms with Gasteiger partial charge in [0.2, 0.25) is 5.91 Å². The summed E-state index contributed by atoms with van der Waals surface area (Å²) in [7, 11) is 0. The molecule has 3 N–H and O–H groups in total. The molecule has 0 atom stereocenters. The van der Waals surface area contributed by atoms with Gasteiger partial charge in [0.1, 0.15) is 5.60 Å². The number of aliphatic hydroxyl groups is 1. The number of benzene rings is 1. The van der Waals surface area contributed by atoms with Gasteiger partial charge < -0.3 is 30.3 Å². The van der Waals surface area contributed by atoms with Crippen molar-refractivity contribution in [1.82, 2.24) is 9.80 Å². The van der Waals surface area contributed by atoms with Crippen LogP contribution in [0.1, 0.15) is 20.8 Å². The minimum Gasteiger partial charge on any atom is -0.444 e. The van der Waals surface area contributed by atoms with Gasteiger partial charge in [0, 0.05) is 44.9 Å². The lowest BCUT2D eigenvalue weighted by atomic mass is 10.2. The largest absolute Gasteiger partial charge is 0.444 e. The number of nitrogens with zero attached hydrogens (tertiary/aromatic N) is 3. The van der Waals surface area contributed by atoms with E-state index in [1.54, 1.807) is 30.6 Å². The van der Waals surface area contributed by atoms with E-state index in [1.165, 1.54) is 18.2 Å². The molecule has 0 bridgehead atoms. The average molecular weight is 423 g/mol. The van der Waals surface area contributed by atoms with E-state index in [-0.39, 0.29) is 31.3 Å². The number of carbonyl (C=O) groups is 2. The summed E-state index contributed by atoms with van der Waals surface area (Å²) < 4.78 is 5.35. The van der Waals surface area contributed by atoms with Gasteiger partial charge in [0.25, 0.3) is 5.69 Å². The molecule has 1 aliphatic rings. The van der Waals surface area contributed by atoms with Gasteiger partial charge in [-0.05, 0) is 26.8 Å². The lowest BCUT2D eigenvalue weighted by molar-refractivity contribution is -0.384. The number of anilines is 2. The van der Waals surface area contributed by atoms with E-state index in [4.69, 9.17) is 9.84 Å². The van der Waals surface area contributed by atoms with Crippen LogP contribution in [0.15, 0.2) is 18.2 Å². The Balaban J connectivity index is 1.92. The van der Waals surface area contributed by atoms with E-state index in [9.17, 15) is 19.7 Å². The summed E-state index contributed by atoms with van der Waals surface area (Å²) in [6, 6.07) is 4.22. The van der Waals surface area contributed by atoms with Crippen LogP contribution in [0.2, 0.25) is 0 Å². The first-order valence-electron chi connectivity index (χ1n) is 9.73. The summed E-state index contributed by atoms with van der Waals surface area (Å²) in [5, 5.41) is 25.9. The van der Waals surface area contributed by atoms with Gasteiger partial charge in [-0.2, -0.15) is 0 Å². The molecule has 11 nitrogen and oxygen atoms in total. The van der Waals surface area contributed by atoms with Crippen molar-refractivity contribution in [2.45, 2.75) is 26.4 Å². The minimum absolute atomic E-state index is 0.0542. The average Bonchev–Trinajstić information content (AvgIpc) is 2.69. The molecular weight excluding hydrogens is 394 g/mol. The number of aliphatic hydroxyl groups excluding tert-OH is 1. The molecule has 30 heavy (non-hydrogen) atoms. The first kappa shape index (κ1) is 23.2. The van der Waals surface area contributed by atoms with Crippen LogP contribution in [0.25, 0.3) is 0 Å². The zero-order valence-electron chi connectivity index (χ0n) is 17.5. The maximum Gasteiger partial charge on any atom is 0.410 e. The Kier molecular flexibility index (Phi) is 7.81. The van der Waals surface area contributed by atoms with Gasteiger partial charge in [-0.3, -0.25) is 14.9 Å². The number of nitro groups is 1. The van der Waals surface area contributed by atoms with Crippen molar-refractivity contribution in [3.63, 3.8) is 0 Å². The minimum atomic E-state index is -0.575. The molecule has 166 valence electrons. The van der Waals surface area contributed by atoms with Crippen LogP contribution in [0.3, 0.4) is 0 Å². The molecule has 1 fully saturated rings. The molecule has 1 saturated heterocycles. The molecule has 0 radical (unpaired) electrons. The maximum absolute atomic E-state index is 12.6. The fourth-order valence-corrected chi connectivity index (χ4v) is 2.88. The fraction of sp³-hybridized carbons (Fsp3) is 0.579. The number of carbonyl (C=O) groups excluding carboxylic acids is 2. The maximum atomic E-state index is 12.6. The third-order valence-electron chi connectivity index (χ3n) is 4.36. The van der Waals surface area contributed by atoms with Gasteiger partial charge in [0.05, 0.1) is 29.4 Å². The number of rotatable bonds is 7. The van der Waals surface area contributed by atoms with Crippen LogP contribution < -0.4 is 10.6 Å². The SMILES string of the molecule is CC(C)(C)OC(=O)N1CCN(C(=O)CNc2cc([N+](=O)[O-])ccc2NCCO)CC1. The molecule has 0 spiro atoms. The molecule has 1 heterocycles. The third-order valence-corrected chi connectivity index (χ3v) is 4.36. The summed E-state index contributed by atoms with van der Waals surface area (Å²) in [5.74, 6) is -0.182. The molecule has 0 aliphatic carbocycles. The van der Waals surface area contributed by atoms with Crippen LogP contribution in [0.4, 0.5) is 21.9 Å². The number of nitro benzene ring substituents is 1. The zero-order chi connectivity index (χ0) is 22.3. The van der Waals surface area contributed by atoms with Gasteiger partial charge in [0.15, 0.2) is 0 Å². The summed E-state index contributed by atoms with van der Waals surface area (Å²) in [5.41, 5.74) is 0.273. The number of ether oxygens (including phenoxy) is 1. The number of nitrogens with one attached hydrogen (secondary N) is 2. The van der Waals surface area contributed by atoms with E-state index in [2.05, 4.69) is 10.6 Å². The van der Waals surface area contributed by atoms with Crippen molar-refractivity contribution in [2.75, 3.05) is 56.5 Å². The van der Waals surface area contributed by atoms with Crippen LogP contribution >= 0.6 is 0 Å². The Labute approximate surface area is 175 Å². The van der Waals surface area contributed by atoms with Crippen molar-refractivity contribution < 1.29 is 24.4 Å². The van der Waals surface area contributed by atoms with Crippen molar-refractivity contribution in [1.29, 1.82) is 0 Å². The Morgan fingerprint density at radius 1 is 1.13 bits per heavy atom. The molecule has 2 amide bonds. The normalized spacial score (nSPS) is 14.3. The van der Waals surface area contributed by atoms with Gasteiger partial charge in [-0.25, -0.2) is 4.79 Å². The quantitative estimate of drug-likeness (QED) is 0.443. The highest BCUT2D eigenvalue weighted by Crippen LogP contribution is 2.27. The Morgan fingerprint density at radius 2 is 1.77 bits per heavy atom. The molecule has 0 saturated carbocycles. The third kappa shape index (κ3) is 6.76.